The molecule has 1 aromatic carbocycles. The van der Waals surface area contributed by atoms with Gasteiger partial charge in [-0.05, 0) is 6.07 Å². The van der Waals surface area contributed by atoms with Gasteiger partial charge in [0.05, 0.1) is 11.2 Å². The van der Waals surface area contributed by atoms with Crippen molar-refractivity contribution in [2.75, 3.05) is 0 Å². The Bertz CT molecular complexity index is 649. The van der Waals surface area contributed by atoms with Crippen molar-refractivity contribution in [2.45, 2.75) is 6.61 Å². The van der Waals surface area contributed by atoms with Crippen LogP contribution in [-0.2, 0) is 6.61 Å². The minimum atomic E-state index is -0.510. The second kappa shape index (κ2) is 6.21. The van der Waals surface area contributed by atoms with Crippen molar-refractivity contribution in [3.05, 3.63) is 58.6 Å². The molecular formula is C13H11ClFN3O2. The first kappa shape index (κ1) is 14.1. The molecule has 5 nitrogen and oxygen atoms in total. The van der Waals surface area contributed by atoms with Gasteiger partial charge in [0, 0.05) is 23.4 Å². The zero-order valence-corrected chi connectivity index (χ0v) is 11.0. The number of pyridine rings is 1. The molecule has 0 atom stereocenters. The molecule has 0 bridgehead atoms. The molecule has 1 heterocycles. The van der Waals surface area contributed by atoms with E-state index < -0.39 is 5.82 Å². The Kier molecular flexibility index (Phi) is 4.37. The summed E-state index contributed by atoms with van der Waals surface area (Å²) in [5.74, 6) is -0.225. The first-order valence-corrected chi connectivity index (χ1v) is 5.97. The summed E-state index contributed by atoms with van der Waals surface area (Å²) >= 11 is 5.76. The number of hydrogen-bond acceptors (Lipinski definition) is 4. The number of oxime groups is 1. The van der Waals surface area contributed by atoms with Crippen LogP contribution in [0.15, 0.2) is 41.8 Å². The smallest absolute Gasteiger partial charge is 0.170 e. The van der Waals surface area contributed by atoms with Gasteiger partial charge in [0.1, 0.15) is 18.2 Å². The van der Waals surface area contributed by atoms with E-state index in [4.69, 9.17) is 27.3 Å². The van der Waals surface area contributed by atoms with Crippen LogP contribution in [0.2, 0.25) is 5.02 Å². The minimum Gasteiger partial charge on any atom is -0.487 e. The quantitative estimate of drug-likeness (QED) is 0.393. The molecule has 1 aromatic heterocycles. The van der Waals surface area contributed by atoms with Gasteiger partial charge in [-0.15, -0.1) is 0 Å². The summed E-state index contributed by atoms with van der Waals surface area (Å²) in [5, 5.41) is 11.8. The molecule has 0 fully saturated rings. The fourth-order valence-electron chi connectivity index (χ4n) is 1.51. The van der Waals surface area contributed by atoms with Crippen LogP contribution in [0.25, 0.3) is 0 Å². The molecule has 2 aromatic rings. The van der Waals surface area contributed by atoms with Gasteiger partial charge in [-0.1, -0.05) is 28.9 Å². The van der Waals surface area contributed by atoms with Crippen molar-refractivity contribution in [3.63, 3.8) is 0 Å². The second-order valence-corrected chi connectivity index (χ2v) is 4.36. The van der Waals surface area contributed by atoms with Gasteiger partial charge in [0.25, 0.3) is 0 Å². The predicted molar refractivity (Wildman–Crippen MR) is 72.5 cm³/mol. The van der Waals surface area contributed by atoms with Gasteiger partial charge in [-0.2, -0.15) is 0 Å². The van der Waals surface area contributed by atoms with E-state index in [1.54, 1.807) is 6.07 Å². The Morgan fingerprint density at radius 2 is 2.20 bits per heavy atom. The van der Waals surface area contributed by atoms with E-state index in [1.807, 2.05) is 0 Å². The van der Waals surface area contributed by atoms with E-state index in [0.717, 1.165) is 0 Å². The normalized spacial score (nSPS) is 11.4. The number of rotatable bonds is 4. The lowest BCUT2D eigenvalue weighted by atomic mass is 10.1. The summed E-state index contributed by atoms with van der Waals surface area (Å²) in [5.41, 5.74) is 6.00. The molecule has 104 valence electrons. The van der Waals surface area contributed by atoms with Crippen LogP contribution in [0.5, 0.6) is 5.75 Å². The summed E-state index contributed by atoms with van der Waals surface area (Å²) in [6.45, 7) is 0.0182. The van der Waals surface area contributed by atoms with Crippen molar-refractivity contribution in [1.82, 2.24) is 4.98 Å². The van der Waals surface area contributed by atoms with Crippen molar-refractivity contribution >= 4 is 17.4 Å². The lowest BCUT2D eigenvalue weighted by Gasteiger charge is -2.08. The van der Waals surface area contributed by atoms with E-state index in [0.29, 0.717) is 16.3 Å². The third-order valence-corrected chi connectivity index (χ3v) is 2.74. The topological polar surface area (TPSA) is 80.7 Å². The van der Waals surface area contributed by atoms with Crippen molar-refractivity contribution in [2.24, 2.45) is 10.9 Å². The average molecular weight is 296 g/mol. The number of aromatic nitrogens is 1. The van der Waals surface area contributed by atoms with Crippen LogP contribution in [0.3, 0.4) is 0 Å². The number of nitrogens with two attached hydrogens (primary N) is 1. The van der Waals surface area contributed by atoms with E-state index in [-0.39, 0.29) is 18.0 Å². The summed E-state index contributed by atoms with van der Waals surface area (Å²) in [7, 11) is 0. The van der Waals surface area contributed by atoms with Gasteiger partial charge in [0.15, 0.2) is 5.84 Å². The highest BCUT2D eigenvalue weighted by atomic mass is 35.5. The maximum Gasteiger partial charge on any atom is 0.170 e. The predicted octanol–water partition coefficient (Wildman–Crippen LogP) is 2.55. The lowest BCUT2D eigenvalue weighted by molar-refractivity contribution is 0.298. The Morgan fingerprint density at radius 1 is 1.40 bits per heavy atom. The number of hydrogen-bond donors (Lipinski definition) is 2. The van der Waals surface area contributed by atoms with Gasteiger partial charge in [0.2, 0.25) is 0 Å². The Labute approximate surface area is 119 Å². The fraction of sp³-hybridized carbons (Fsp3) is 0.0769. The van der Waals surface area contributed by atoms with Gasteiger partial charge in [-0.3, -0.25) is 4.98 Å². The Morgan fingerprint density at radius 3 is 2.85 bits per heavy atom. The maximum atomic E-state index is 13.8. The first-order valence-electron chi connectivity index (χ1n) is 5.60. The summed E-state index contributed by atoms with van der Waals surface area (Å²) in [4.78, 5) is 3.86. The molecule has 0 aliphatic heterocycles. The average Bonchev–Trinajstić information content (AvgIpc) is 2.45. The van der Waals surface area contributed by atoms with Crippen molar-refractivity contribution < 1.29 is 14.3 Å². The van der Waals surface area contributed by atoms with Crippen LogP contribution in [-0.4, -0.2) is 16.0 Å². The standard InChI is InChI=1S/C13H11ClFN3O2/c14-10-4-11(6-17-5-10)20-7-9-2-1-8(3-12(9)15)13(16)18-19/h1-6,19H,7H2,(H2,16,18). The molecule has 0 saturated carbocycles. The number of ether oxygens (including phenoxy) is 1. The molecule has 0 aliphatic carbocycles. The summed E-state index contributed by atoms with van der Waals surface area (Å²) in [6.07, 6.45) is 2.95. The van der Waals surface area contributed by atoms with Crippen molar-refractivity contribution in [1.29, 1.82) is 0 Å². The number of benzene rings is 1. The highest BCUT2D eigenvalue weighted by Crippen LogP contribution is 2.18. The molecular weight excluding hydrogens is 285 g/mol. The minimum absolute atomic E-state index is 0.0182. The van der Waals surface area contributed by atoms with Gasteiger partial charge >= 0.3 is 0 Å². The SMILES string of the molecule is NC(=NO)c1ccc(COc2cncc(Cl)c2)c(F)c1. The summed E-state index contributed by atoms with van der Waals surface area (Å²) < 4.78 is 19.2. The summed E-state index contributed by atoms with van der Waals surface area (Å²) in [6, 6.07) is 5.79. The maximum absolute atomic E-state index is 13.8. The fourth-order valence-corrected chi connectivity index (χ4v) is 1.68. The molecule has 0 radical (unpaired) electrons. The molecule has 0 unspecified atom stereocenters. The van der Waals surface area contributed by atoms with Crippen LogP contribution >= 0.6 is 11.6 Å². The number of halogens is 2. The zero-order valence-electron chi connectivity index (χ0n) is 10.3. The first-order chi connectivity index (χ1) is 9.60. The third-order valence-electron chi connectivity index (χ3n) is 2.53. The van der Waals surface area contributed by atoms with E-state index >= 15 is 0 Å². The largest absolute Gasteiger partial charge is 0.487 e. The monoisotopic (exact) mass is 295 g/mol. The molecule has 20 heavy (non-hydrogen) atoms. The van der Waals surface area contributed by atoms with Crippen LogP contribution in [0, 0.1) is 5.82 Å². The second-order valence-electron chi connectivity index (χ2n) is 3.92. The van der Waals surface area contributed by atoms with Crippen LogP contribution in [0.4, 0.5) is 4.39 Å². The molecule has 2 rings (SSSR count). The van der Waals surface area contributed by atoms with E-state index in [9.17, 15) is 4.39 Å². The Hall–Kier alpha value is -2.34. The van der Waals surface area contributed by atoms with Crippen LogP contribution < -0.4 is 10.5 Å². The molecule has 0 spiro atoms. The van der Waals surface area contributed by atoms with Crippen molar-refractivity contribution in [3.8, 4) is 5.75 Å². The van der Waals surface area contributed by atoms with Gasteiger partial charge in [-0.25, -0.2) is 4.39 Å². The molecule has 0 saturated heterocycles. The number of nitrogens with zero attached hydrogens (tertiary/aromatic N) is 2. The lowest BCUT2D eigenvalue weighted by Crippen LogP contribution is -2.13. The molecule has 7 heteroatoms. The third kappa shape index (κ3) is 3.36. The van der Waals surface area contributed by atoms with Crippen LogP contribution in [0.1, 0.15) is 11.1 Å². The van der Waals surface area contributed by atoms with E-state index in [1.165, 1.54) is 30.6 Å². The van der Waals surface area contributed by atoms with Gasteiger partial charge < -0.3 is 15.7 Å². The zero-order chi connectivity index (χ0) is 14.5. The molecule has 0 aliphatic rings. The molecule has 0 amide bonds. The highest BCUT2D eigenvalue weighted by molar-refractivity contribution is 6.30. The highest BCUT2D eigenvalue weighted by Gasteiger charge is 2.07. The van der Waals surface area contributed by atoms with E-state index in [2.05, 4.69) is 10.1 Å². The Balaban J connectivity index is 2.11. The number of amidine groups is 1. The molecule has 3 N–H and O–H groups in total.